The van der Waals surface area contributed by atoms with Crippen LogP contribution in [-0.2, 0) is 24.4 Å². The van der Waals surface area contributed by atoms with E-state index in [0.717, 1.165) is 13.1 Å². The van der Waals surface area contributed by atoms with Gasteiger partial charge < -0.3 is 15.0 Å². The molecule has 0 bridgehead atoms. The highest BCUT2D eigenvalue weighted by Crippen LogP contribution is 2.08. The summed E-state index contributed by atoms with van der Waals surface area (Å²) < 4.78 is 10.2. The van der Waals surface area contributed by atoms with Gasteiger partial charge in [0.2, 0.25) is 5.89 Å². The largest absolute Gasteiger partial charge is 0.383 e. The lowest BCUT2D eigenvalue weighted by Crippen LogP contribution is -2.27. The summed E-state index contributed by atoms with van der Waals surface area (Å²) in [5.41, 5.74) is 6.71. The zero-order valence-corrected chi connectivity index (χ0v) is 11.7. The third-order valence-corrected chi connectivity index (χ3v) is 2.91. The molecule has 2 rings (SSSR count). The minimum atomic E-state index is 0.268. The molecule has 1 heterocycles. The van der Waals surface area contributed by atoms with Crippen molar-refractivity contribution in [3.05, 3.63) is 47.6 Å². The molecule has 6 nitrogen and oxygen atoms in total. The van der Waals surface area contributed by atoms with E-state index in [-0.39, 0.29) is 6.54 Å². The smallest absolute Gasteiger partial charge is 0.240 e. The number of nitrogens with zero attached hydrogens (tertiary/aromatic N) is 3. The first-order valence-corrected chi connectivity index (χ1v) is 6.58. The van der Waals surface area contributed by atoms with Gasteiger partial charge in [-0.25, -0.2) is 0 Å². The van der Waals surface area contributed by atoms with Crippen LogP contribution in [0.5, 0.6) is 0 Å². The molecule has 0 amide bonds. The average Bonchev–Trinajstić information content (AvgIpc) is 2.93. The summed E-state index contributed by atoms with van der Waals surface area (Å²) in [6, 6.07) is 10.3. The van der Waals surface area contributed by atoms with Crippen LogP contribution in [0, 0.1) is 0 Å². The van der Waals surface area contributed by atoms with Crippen molar-refractivity contribution in [1.82, 2.24) is 15.0 Å². The van der Waals surface area contributed by atoms with Gasteiger partial charge in [0, 0.05) is 20.2 Å². The standard InChI is InChI=1S/C14H20N4O2/c1-19-8-7-18(10-12-5-3-2-4-6-12)11-13-16-14(9-15)20-17-13/h2-6H,7-11,15H2,1H3. The number of rotatable bonds is 8. The maximum absolute atomic E-state index is 5.47. The fourth-order valence-electron chi connectivity index (χ4n) is 1.91. The molecule has 2 N–H and O–H groups in total. The van der Waals surface area contributed by atoms with Crippen LogP contribution in [0.4, 0.5) is 0 Å². The van der Waals surface area contributed by atoms with Crippen LogP contribution < -0.4 is 5.73 Å². The van der Waals surface area contributed by atoms with E-state index in [1.165, 1.54) is 5.56 Å². The summed E-state index contributed by atoms with van der Waals surface area (Å²) >= 11 is 0. The van der Waals surface area contributed by atoms with Crippen molar-refractivity contribution in [3.63, 3.8) is 0 Å². The predicted molar refractivity (Wildman–Crippen MR) is 74.6 cm³/mol. The minimum Gasteiger partial charge on any atom is -0.383 e. The van der Waals surface area contributed by atoms with E-state index < -0.39 is 0 Å². The van der Waals surface area contributed by atoms with Gasteiger partial charge in [-0.2, -0.15) is 4.98 Å². The Kier molecular flexibility index (Phi) is 5.67. The molecule has 0 aliphatic carbocycles. The summed E-state index contributed by atoms with van der Waals surface area (Å²) in [5, 5.41) is 3.93. The third kappa shape index (κ3) is 4.41. The number of hydrogen-bond donors (Lipinski definition) is 1. The fourth-order valence-corrected chi connectivity index (χ4v) is 1.91. The van der Waals surface area contributed by atoms with Gasteiger partial charge in [-0.15, -0.1) is 0 Å². The fraction of sp³-hybridized carbons (Fsp3) is 0.429. The molecule has 0 spiro atoms. The number of ether oxygens (including phenoxy) is 1. The van der Waals surface area contributed by atoms with Crippen LogP contribution in [0.3, 0.4) is 0 Å². The Morgan fingerprint density at radius 2 is 2.05 bits per heavy atom. The summed E-state index contributed by atoms with van der Waals surface area (Å²) in [5.74, 6) is 1.11. The van der Waals surface area contributed by atoms with E-state index in [0.29, 0.717) is 24.9 Å². The van der Waals surface area contributed by atoms with Crippen LogP contribution in [-0.4, -0.2) is 35.3 Å². The van der Waals surface area contributed by atoms with Gasteiger partial charge in [0.05, 0.1) is 19.7 Å². The van der Waals surface area contributed by atoms with E-state index >= 15 is 0 Å². The molecule has 0 aliphatic rings. The molecule has 20 heavy (non-hydrogen) atoms. The summed E-state index contributed by atoms with van der Waals surface area (Å²) in [4.78, 5) is 6.45. The highest BCUT2D eigenvalue weighted by Gasteiger charge is 2.11. The van der Waals surface area contributed by atoms with Crippen LogP contribution >= 0.6 is 0 Å². The van der Waals surface area contributed by atoms with E-state index in [2.05, 4.69) is 27.2 Å². The molecule has 1 aromatic carbocycles. The molecular formula is C14H20N4O2. The number of nitrogens with two attached hydrogens (primary N) is 1. The lowest BCUT2D eigenvalue weighted by atomic mass is 10.2. The van der Waals surface area contributed by atoms with E-state index in [4.69, 9.17) is 15.0 Å². The number of hydrogen-bond acceptors (Lipinski definition) is 6. The van der Waals surface area contributed by atoms with Gasteiger partial charge >= 0.3 is 0 Å². The Morgan fingerprint density at radius 3 is 2.70 bits per heavy atom. The normalized spacial score (nSPS) is 11.2. The molecule has 6 heteroatoms. The van der Waals surface area contributed by atoms with Gasteiger partial charge in [0.1, 0.15) is 0 Å². The maximum Gasteiger partial charge on any atom is 0.240 e. The van der Waals surface area contributed by atoms with Crippen LogP contribution in [0.25, 0.3) is 0 Å². The SMILES string of the molecule is COCCN(Cc1ccccc1)Cc1noc(CN)n1. The molecule has 1 aromatic heterocycles. The van der Waals surface area contributed by atoms with E-state index in [1.54, 1.807) is 7.11 Å². The van der Waals surface area contributed by atoms with Crippen molar-refractivity contribution >= 4 is 0 Å². The predicted octanol–water partition coefficient (Wildman–Crippen LogP) is 1.18. The summed E-state index contributed by atoms with van der Waals surface area (Å²) in [7, 11) is 1.70. The average molecular weight is 276 g/mol. The topological polar surface area (TPSA) is 77.4 Å². The molecule has 0 saturated heterocycles. The van der Waals surface area contributed by atoms with Crippen LogP contribution in [0.2, 0.25) is 0 Å². The third-order valence-electron chi connectivity index (χ3n) is 2.91. The summed E-state index contributed by atoms with van der Waals surface area (Å²) in [6.07, 6.45) is 0. The Labute approximate surface area is 118 Å². The van der Waals surface area contributed by atoms with Crippen molar-refractivity contribution in [3.8, 4) is 0 Å². The zero-order chi connectivity index (χ0) is 14.2. The van der Waals surface area contributed by atoms with Gasteiger partial charge in [-0.3, -0.25) is 4.90 Å². The molecule has 0 unspecified atom stereocenters. The van der Waals surface area contributed by atoms with Crippen molar-refractivity contribution in [1.29, 1.82) is 0 Å². The number of methoxy groups -OCH3 is 1. The summed E-state index contributed by atoms with van der Waals surface area (Å²) in [6.45, 7) is 3.16. The quantitative estimate of drug-likeness (QED) is 0.780. The lowest BCUT2D eigenvalue weighted by Gasteiger charge is -2.20. The Bertz CT molecular complexity index is 501. The first-order chi connectivity index (χ1) is 9.81. The second kappa shape index (κ2) is 7.74. The van der Waals surface area contributed by atoms with E-state index in [9.17, 15) is 0 Å². The van der Waals surface area contributed by atoms with Crippen molar-refractivity contribution in [2.75, 3.05) is 20.3 Å². The van der Waals surface area contributed by atoms with Crippen molar-refractivity contribution < 1.29 is 9.26 Å². The van der Waals surface area contributed by atoms with Crippen LogP contribution in [0.1, 0.15) is 17.3 Å². The van der Waals surface area contributed by atoms with Gasteiger partial charge in [-0.1, -0.05) is 35.5 Å². The highest BCUT2D eigenvalue weighted by molar-refractivity contribution is 5.14. The first-order valence-electron chi connectivity index (χ1n) is 6.58. The van der Waals surface area contributed by atoms with Gasteiger partial charge in [0.25, 0.3) is 0 Å². The number of benzene rings is 1. The second-order valence-corrected chi connectivity index (χ2v) is 4.50. The molecule has 0 atom stereocenters. The molecule has 0 fully saturated rings. The van der Waals surface area contributed by atoms with Crippen molar-refractivity contribution in [2.45, 2.75) is 19.6 Å². The van der Waals surface area contributed by atoms with E-state index in [1.807, 2.05) is 18.2 Å². The Balaban J connectivity index is 1.99. The first kappa shape index (κ1) is 14.6. The molecule has 0 radical (unpaired) electrons. The molecular weight excluding hydrogens is 256 g/mol. The second-order valence-electron chi connectivity index (χ2n) is 4.50. The Hall–Kier alpha value is -1.76. The molecule has 2 aromatic rings. The zero-order valence-electron chi connectivity index (χ0n) is 11.7. The molecule has 108 valence electrons. The number of aromatic nitrogens is 2. The maximum atomic E-state index is 5.47. The highest BCUT2D eigenvalue weighted by atomic mass is 16.5. The lowest BCUT2D eigenvalue weighted by molar-refractivity contribution is 0.137. The molecule has 0 aliphatic heterocycles. The van der Waals surface area contributed by atoms with Gasteiger partial charge in [-0.05, 0) is 5.56 Å². The molecule has 0 saturated carbocycles. The monoisotopic (exact) mass is 276 g/mol. The van der Waals surface area contributed by atoms with Crippen LogP contribution in [0.15, 0.2) is 34.9 Å². The Morgan fingerprint density at radius 1 is 1.25 bits per heavy atom. The van der Waals surface area contributed by atoms with Crippen molar-refractivity contribution in [2.24, 2.45) is 5.73 Å². The minimum absolute atomic E-state index is 0.268. The van der Waals surface area contributed by atoms with Gasteiger partial charge in [0.15, 0.2) is 5.82 Å².